The number of nitrogens with zero attached hydrogens (tertiary/aromatic N) is 8. The summed E-state index contributed by atoms with van der Waals surface area (Å²) in [6.45, 7) is 2.81. The Hall–Kier alpha value is -7.96. The van der Waals surface area contributed by atoms with Crippen molar-refractivity contribution >= 4 is 41.1 Å². The molecular weight excluding hydrogens is 881 g/mol. The molecule has 0 radical (unpaired) electrons. The Morgan fingerprint density at radius 3 is 1.66 bits per heavy atom. The number of amides is 3. The van der Waals surface area contributed by atoms with Gasteiger partial charge in [-0.15, -0.1) is 5.10 Å². The van der Waals surface area contributed by atoms with Gasteiger partial charge in [0.1, 0.15) is 5.75 Å². The molecule has 2 saturated heterocycles. The number of para-hydroxylation sites is 1. The Kier molecular flexibility index (Phi) is 11.0. The topological polar surface area (TPSA) is 133 Å². The van der Waals surface area contributed by atoms with E-state index in [0.29, 0.717) is 58.6 Å². The molecule has 0 unspecified atom stereocenters. The number of pyridine rings is 2. The lowest BCUT2D eigenvalue weighted by atomic mass is 10.1. The van der Waals surface area contributed by atoms with Gasteiger partial charge in [-0.2, -0.15) is 26.3 Å². The molecule has 2 fully saturated rings. The molecule has 2 atom stereocenters. The van der Waals surface area contributed by atoms with E-state index in [1.165, 1.54) is 21.9 Å². The maximum absolute atomic E-state index is 13.4. The van der Waals surface area contributed by atoms with Crippen LogP contribution in [0.2, 0.25) is 0 Å². The number of fused-ring (bicyclic) bond motifs is 8. The number of ether oxygens (including phenoxy) is 1. The Morgan fingerprint density at radius 1 is 0.597 bits per heavy atom. The molecule has 3 aromatic heterocycles. The first-order chi connectivity index (χ1) is 32.3. The second-order valence-electron chi connectivity index (χ2n) is 16.1. The van der Waals surface area contributed by atoms with Crippen LogP contribution in [0.3, 0.4) is 0 Å². The van der Waals surface area contributed by atoms with E-state index in [0.717, 1.165) is 61.6 Å². The smallest absolute Gasteiger partial charge is 0.410 e. The van der Waals surface area contributed by atoms with Crippen LogP contribution >= 0.6 is 0 Å². The predicted octanol–water partition coefficient (Wildman–Crippen LogP) is 10.8. The van der Waals surface area contributed by atoms with Gasteiger partial charge in [0.05, 0.1) is 46.0 Å². The van der Waals surface area contributed by atoms with Crippen molar-refractivity contribution in [3.8, 4) is 39.7 Å². The van der Waals surface area contributed by atoms with E-state index in [2.05, 4.69) is 35.3 Å². The molecule has 13 nitrogen and oxygen atoms in total. The molecule has 0 saturated carbocycles. The number of rotatable bonds is 5. The highest BCUT2D eigenvalue weighted by Gasteiger charge is 2.43. The first-order valence-electron chi connectivity index (χ1n) is 21.2. The molecule has 3 amide bonds. The van der Waals surface area contributed by atoms with Gasteiger partial charge in [-0.3, -0.25) is 15.1 Å². The molecule has 1 N–H and O–H groups in total. The van der Waals surface area contributed by atoms with Crippen molar-refractivity contribution < 1.29 is 45.1 Å². The number of hydrogen-bond acceptors (Lipinski definition) is 10. The first-order valence-corrected chi connectivity index (χ1v) is 21.2. The largest absolute Gasteiger partial charge is 0.421 e. The van der Waals surface area contributed by atoms with Crippen molar-refractivity contribution in [1.29, 1.82) is 0 Å². The second-order valence-corrected chi connectivity index (χ2v) is 16.1. The highest BCUT2D eigenvalue weighted by atomic mass is 19.4. The molecule has 67 heavy (non-hydrogen) atoms. The molecule has 0 spiro atoms. The zero-order valence-corrected chi connectivity index (χ0v) is 35.1. The quantitative estimate of drug-likeness (QED) is 0.166. The van der Waals surface area contributed by atoms with Crippen LogP contribution in [0.15, 0.2) is 138 Å². The average molecular weight is 918 g/mol. The third kappa shape index (κ3) is 8.66. The number of halogens is 6. The maximum atomic E-state index is 13.4. The minimum absolute atomic E-state index is 0.0603. The number of alkyl halides is 6. The number of anilines is 5. The van der Waals surface area contributed by atoms with Crippen LogP contribution in [0, 0.1) is 0 Å². The van der Waals surface area contributed by atoms with Crippen LogP contribution in [0.4, 0.5) is 65.0 Å². The van der Waals surface area contributed by atoms with Gasteiger partial charge in [-0.25, -0.2) is 19.6 Å². The summed E-state index contributed by atoms with van der Waals surface area (Å²) >= 11 is 0. The fourth-order valence-corrected chi connectivity index (χ4v) is 8.71. The summed E-state index contributed by atoms with van der Waals surface area (Å²) in [5.41, 5.74) is 2.07. The van der Waals surface area contributed by atoms with Gasteiger partial charge >= 0.3 is 30.5 Å². The van der Waals surface area contributed by atoms with Gasteiger partial charge in [-0.1, -0.05) is 65.8 Å². The Balaban J connectivity index is 0.000000159. The lowest BCUT2D eigenvalue weighted by Gasteiger charge is -2.35. The van der Waals surface area contributed by atoms with Crippen molar-refractivity contribution in [3.63, 3.8) is 0 Å². The summed E-state index contributed by atoms with van der Waals surface area (Å²) in [5.74, 6) is 1.47. The summed E-state index contributed by atoms with van der Waals surface area (Å²) in [4.78, 5) is 43.0. The van der Waals surface area contributed by atoms with Crippen molar-refractivity contribution in [2.24, 2.45) is 0 Å². The van der Waals surface area contributed by atoms with E-state index in [-0.39, 0.29) is 24.0 Å². The minimum atomic E-state index is -4.47. The van der Waals surface area contributed by atoms with E-state index in [4.69, 9.17) is 9.15 Å². The standard InChI is InChI=1S/C25H19F3N6O2.C23H18F3N3O2/c26-25(27,28)17-8-4-7-16(13-17)19-9-10-20-21(29-19)34(18-11-12-33(20)14-18)24(35)30-23-32-31-22(36-23)15-5-2-1-3-6-15;24-23(25,26)16-6-4-5-15(13-16)19-9-10-20-21(27-19)29(17-11-12-28(20)14-17)22(30)31-18-7-2-1-3-8-18/h1-10,13,18H,11-12,14H2,(H,30,32,35);1-10,13,17H,11-12,14H2/t18-;17-/m00/s1. The van der Waals surface area contributed by atoms with Crippen molar-refractivity contribution in [2.75, 3.05) is 51.1 Å². The lowest BCUT2D eigenvalue weighted by molar-refractivity contribution is -0.138. The van der Waals surface area contributed by atoms with E-state index in [1.807, 2.05) is 42.5 Å². The normalized spacial score (nSPS) is 17.0. The molecule has 11 rings (SSSR count). The molecule has 7 aromatic rings. The third-order valence-corrected chi connectivity index (χ3v) is 11.9. The van der Waals surface area contributed by atoms with Crippen molar-refractivity contribution in [1.82, 2.24) is 20.2 Å². The molecule has 4 aromatic carbocycles. The molecule has 340 valence electrons. The molecule has 4 aliphatic rings. The average Bonchev–Trinajstić information content (AvgIpc) is 4.09. The number of carbonyl (C=O) groups is 2. The highest BCUT2D eigenvalue weighted by molar-refractivity contribution is 6.04. The summed E-state index contributed by atoms with van der Waals surface area (Å²) < 4.78 is 90.3. The Bertz CT molecular complexity index is 2970. The van der Waals surface area contributed by atoms with Gasteiger partial charge in [0.2, 0.25) is 5.89 Å². The summed E-state index contributed by atoms with van der Waals surface area (Å²) in [7, 11) is 0. The van der Waals surface area contributed by atoms with Crippen molar-refractivity contribution in [2.45, 2.75) is 37.3 Å². The predicted molar refractivity (Wildman–Crippen MR) is 237 cm³/mol. The number of urea groups is 1. The monoisotopic (exact) mass is 917 g/mol. The van der Waals surface area contributed by atoms with Gasteiger partial charge in [0.25, 0.3) is 0 Å². The van der Waals surface area contributed by atoms with E-state index in [1.54, 1.807) is 54.6 Å². The van der Waals surface area contributed by atoms with Crippen LogP contribution < -0.4 is 29.7 Å². The number of benzene rings is 4. The molecule has 4 bridgehead atoms. The van der Waals surface area contributed by atoms with E-state index >= 15 is 0 Å². The molecule has 4 aliphatic heterocycles. The SMILES string of the molecule is O=C(Nc1nnc(-c2ccccc2)o1)N1c2nc(-c3cccc(C(F)(F)F)c3)ccc2N2CC[C@H]1C2.O=C(Oc1ccccc1)N1c2nc(-c3cccc(C(F)(F)F)c3)ccc2N2CC[C@H]1C2. The maximum Gasteiger partial charge on any atom is 0.421 e. The van der Waals surface area contributed by atoms with Gasteiger partial charge in [0, 0.05) is 42.9 Å². The van der Waals surface area contributed by atoms with Crippen LogP contribution in [-0.4, -0.2) is 70.6 Å². The van der Waals surface area contributed by atoms with E-state index in [9.17, 15) is 35.9 Å². The number of nitrogens with one attached hydrogen (secondary N) is 1. The zero-order chi connectivity index (χ0) is 46.5. The fraction of sp³-hybridized carbons (Fsp3) is 0.208. The first kappa shape index (κ1) is 43.0. The van der Waals surface area contributed by atoms with Crippen molar-refractivity contribution in [3.05, 3.63) is 145 Å². The van der Waals surface area contributed by atoms with Crippen LogP contribution in [0.5, 0.6) is 5.75 Å². The van der Waals surface area contributed by atoms with Gasteiger partial charge in [-0.05, 0) is 85.6 Å². The van der Waals surface area contributed by atoms with Crippen LogP contribution in [-0.2, 0) is 12.4 Å². The summed E-state index contributed by atoms with van der Waals surface area (Å²) in [6.07, 6.45) is -7.97. The Labute approximate surface area is 378 Å². The molecule has 7 heterocycles. The molecule has 19 heteroatoms. The van der Waals surface area contributed by atoms with Crippen LogP contribution in [0.1, 0.15) is 24.0 Å². The van der Waals surface area contributed by atoms with Gasteiger partial charge < -0.3 is 19.0 Å². The van der Waals surface area contributed by atoms with E-state index < -0.39 is 35.6 Å². The number of hydrogen-bond donors (Lipinski definition) is 1. The summed E-state index contributed by atoms with van der Waals surface area (Å²) in [6, 6.07) is 34.1. The second kappa shape index (κ2) is 17.1. The Morgan fingerprint density at radius 2 is 1.10 bits per heavy atom. The summed E-state index contributed by atoms with van der Waals surface area (Å²) in [5, 5.41) is 10.6. The van der Waals surface area contributed by atoms with Crippen LogP contribution in [0.25, 0.3) is 34.0 Å². The molecular formula is C48H37F6N9O4. The number of carbonyl (C=O) groups excluding carboxylic acids is 2. The third-order valence-electron chi connectivity index (χ3n) is 11.9. The molecule has 0 aliphatic carbocycles. The zero-order valence-electron chi connectivity index (χ0n) is 35.1. The lowest BCUT2D eigenvalue weighted by Crippen LogP contribution is -2.48. The minimum Gasteiger partial charge on any atom is -0.410 e. The number of aromatic nitrogens is 4. The fourth-order valence-electron chi connectivity index (χ4n) is 8.71. The highest BCUT2D eigenvalue weighted by Crippen LogP contribution is 2.43. The van der Waals surface area contributed by atoms with Gasteiger partial charge in [0.15, 0.2) is 11.6 Å².